The van der Waals surface area contributed by atoms with Crippen molar-refractivity contribution in [1.29, 1.82) is 0 Å². The van der Waals surface area contributed by atoms with Gasteiger partial charge in [0.1, 0.15) is 23.7 Å². The van der Waals surface area contributed by atoms with Gasteiger partial charge in [0.05, 0.1) is 24.8 Å². The molecule has 1 aliphatic rings. The van der Waals surface area contributed by atoms with Crippen LogP contribution in [0.4, 0.5) is 0 Å². The van der Waals surface area contributed by atoms with Crippen molar-refractivity contribution in [3.05, 3.63) is 70.8 Å². The Hall–Kier alpha value is -3.12. The Kier molecular flexibility index (Phi) is 7.47. The van der Waals surface area contributed by atoms with Crippen LogP contribution in [0.3, 0.4) is 0 Å². The van der Waals surface area contributed by atoms with Gasteiger partial charge in [-0.25, -0.2) is 4.79 Å². The first-order chi connectivity index (χ1) is 15.0. The maximum atomic E-state index is 11.7. The molecule has 0 saturated carbocycles. The Morgan fingerprint density at radius 2 is 2.03 bits per heavy atom. The molecule has 1 fully saturated rings. The Bertz CT molecular complexity index is 978. The molecule has 2 aromatic rings. The number of ketones is 1. The lowest BCUT2D eigenvalue weighted by Crippen LogP contribution is -2.03. The van der Waals surface area contributed by atoms with Crippen LogP contribution in [0, 0.1) is 0 Å². The summed E-state index contributed by atoms with van der Waals surface area (Å²) < 4.78 is 16.3. The van der Waals surface area contributed by atoms with Crippen molar-refractivity contribution in [1.82, 2.24) is 0 Å². The second kappa shape index (κ2) is 10.3. The standard InChI is InChI=1S/C25H28O6/c1-4-8-20-21(13-12-19(16(2)26)23(20)27)30-14-6-5-11-22-24(31-22)17-9-7-10-18(15-17)25(28)29-3/h5,7,9-13,15,22,24,27H,4,6,8,14H2,1-3H3/t22-,24-/m1/s1. The number of aromatic hydroxyl groups is 1. The molecule has 0 aromatic heterocycles. The van der Waals surface area contributed by atoms with Crippen molar-refractivity contribution in [2.24, 2.45) is 0 Å². The molecule has 0 radical (unpaired) electrons. The van der Waals surface area contributed by atoms with Crippen molar-refractivity contribution in [2.75, 3.05) is 13.7 Å². The highest BCUT2D eigenvalue weighted by atomic mass is 16.6. The fraction of sp³-hybridized carbons (Fsp3) is 0.360. The van der Waals surface area contributed by atoms with Gasteiger partial charge in [-0.2, -0.15) is 0 Å². The van der Waals surface area contributed by atoms with Gasteiger partial charge in [0.25, 0.3) is 0 Å². The summed E-state index contributed by atoms with van der Waals surface area (Å²) in [5.74, 6) is 0.0979. The van der Waals surface area contributed by atoms with E-state index in [1.54, 1.807) is 24.3 Å². The molecule has 1 aliphatic heterocycles. The lowest BCUT2D eigenvalue weighted by molar-refractivity contribution is 0.0600. The Labute approximate surface area is 182 Å². The number of hydrogen-bond acceptors (Lipinski definition) is 6. The molecule has 2 aromatic carbocycles. The van der Waals surface area contributed by atoms with Gasteiger partial charge in [-0.3, -0.25) is 4.79 Å². The second-order valence-corrected chi connectivity index (χ2v) is 7.45. The van der Waals surface area contributed by atoms with E-state index in [2.05, 4.69) is 0 Å². The normalized spacial score (nSPS) is 17.5. The fourth-order valence-electron chi connectivity index (χ4n) is 3.49. The number of Topliss-reactive ketones (excluding diaryl/α,β-unsaturated/α-hetero) is 1. The number of esters is 1. The number of carbonyl (C=O) groups is 2. The van der Waals surface area contributed by atoms with Crippen LogP contribution in [0.25, 0.3) is 0 Å². The molecule has 6 heteroatoms. The number of methoxy groups -OCH3 is 1. The van der Waals surface area contributed by atoms with Gasteiger partial charge in [0, 0.05) is 5.56 Å². The zero-order valence-electron chi connectivity index (χ0n) is 18.1. The van der Waals surface area contributed by atoms with E-state index in [9.17, 15) is 14.7 Å². The lowest BCUT2D eigenvalue weighted by Gasteiger charge is -2.14. The number of ether oxygens (including phenoxy) is 3. The predicted molar refractivity (Wildman–Crippen MR) is 117 cm³/mol. The molecule has 31 heavy (non-hydrogen) atoms. The smallest absolute Gasteiger partial charge is 0.337 e. The molecule has 0 unspecified atom stereocenters. The predicted octanol–water partition coefficient (Wildman–Crippen LogP) is 4.80. The molecule has 2 atom stereocenters. The first-order valence-corrected chi connectivity index (χ1v) is 10.4. The summed E-state index contributed by atoms with van der Waals surface area (Å²) in [4.78, 5) is 23.3. The van der Waals surface area contributed by atoms with Gasteiger partial charge in [0.2, 0.25) is 0 Å². The summed E-state index contributed by atoms with van der Waals surface area (Å²) in [5, 5.41) is 10.4. The van der Waals surface area contributed by atoms with Gasteiger partial charge < -0.3 is 19.3 Å². The van der Waals surface area contributed by atoms with E-state index in [4.69, 9.17) is 14.2 Å². The van der Waals surface area contributed by atoms with Crippen LogP contribution in [0.15, 0.2) is 48.6 Å². The topological polar surface area (TPSA) is 85.4 Å². The summed E-state index contributed by atoms with van der Waals surface area (Å²) in [5.41, 5.74) is 2.45. The average molecular weight is 424 g/mol. The number of carbonyl (C=O) groups excluding carboxylic acids is 2. The molecule has 3 rings (SSSR count). The van der Waals surface area contributed by atoms with Gasteiger partial charge in [0.15, 0.2) is 5.78 Å². The number of phenols is 1. The van der Waals surface area contributed by atoms with Crippen LogP contribution in [0.5, 0.6) is 11.5 Å². The summed E-state index contributed by atoms with van der Waals surface area (Å²) in [6, 6.07) is 10.6. The average Bonchev–Trinajstić information content (AvgIpc) is 3.54. The molecular weight excluding hydrogens is 396 g/mol. The summed E-state index contributed by atoms with van der Waals surface area (Å²) in [7, 11) is 1.36. The van der Waals surface area contributed by atoms with E-state index in [-0.39, 0.29) is 29.7 Å². The minimum absolute atomic E-state index is 0.0193. The van der Waals surface area contributed by atoms with Crippen molar-refractivity contribution in [2.45, 2.75) is 45.3 Å². The number of epoxide rings is 1. The number of rotatable bonds is 10. The van der Waals surface area contributed by atoms with Crippen molar-refractivity contribution in [3.8, 4) is 11.5 Å². The zero-order valence-corrected chi connectivity index (χ0v) is 18.1. The minimum atomic E-state index is -0.364. The summed E-state index contributed by atoms with van der Waals surface area (Å²) in [6.07, 6.45) is 6.05. The highest BCUT2D eigenvalue weighted by molar-refractivity contribution is 5.97. The summed E-state index contributed by atoms with van der Waals surface area (Å²) in [6.45, 7) is 3.90. The molecule has 0 amide bonds. The van der Waals surface area contributed by atoms with Gasteiger partial charge in [-0.05, 0) is 49.6 Å². The lowest BCUT2D eigenvalue weighted by atomic mass is 10.0. The van der Waals surface area contributed by atoms with E-state index in [0.717, 1.165) is 12.0 Å². The summed E-state index contributed by atoms with van der Waals surface area (Å²) >= 11 is 0. The van der Waals surface area contributed by atoms with E-state index >= 15 is 0 Å². The molecule has 0 aliphatic carbocycles. The largest absolute Gasteiger partial charge is 0.507 e. The molecule has 164 valence electrons. The fourth-order valence-corrected chi connectivity index (χ4v) is 3.49. The monoisotopic (exact) mass is 424 g/mol. The van der Waals surface area contributed by atoms with Crippen LogP contribution < -0.4 is 4.74 Å². The van der Waals surface area contributed by atoms with Crippen LogP contribution >= 0.6 is 0 Å². The van der Waals surface area contributed by atoms with Crippen LogP contribution in [-0.4, -0.2) is 36.7 Å². The zero-order chi connectivity index (χ0) is 22.4. The van der Waals surface area contributed by atoms with E-state index in [1.165, 1.54) is 14.0 Å². The Balaban J connectivity index is 1.52. The first kappa shape index (κ1) is 22.6. The molecular formula is C25H28O6. The SMILES string of the molecule is CCCc1c(OCCC=C[C@H]2O[C@@H]2c2cccc(C(=O)OC)c2)ccc(C(C)=O)c1O. The Morgan fingerprint density at radius 3 is 2.74 bits per heavy atom. The maximum absolute atomic E-state index is 11.7. The molecule has 1 N–H and O–H groups in total. The van der Waals surface area contributed by atoms with Crippen molar-refractivity contribution >= 4 is 11.8 Å². The van der Waals surface area contributed by atoms with E-state index in [0.29, 0.717) is 41.9 Å². The maximum Gasteiger partial charge on any atom is 0.337 e. The molecule has 6 nitrogen and oxygen atoms in total. The second-order valence-electron chi connectivity index (χ2n) is 7.45. The molecule has 0 spiro atoms. The third-order valence-corrected chi connectivity index (χ3v) is 5.15. The number of phenolic OH excluding ortho intramolecular Hbond substituents is 1. The van der Waals surface area contributed by atoms with Gasteiger partial charge >= 0.3 is 5.97 Å². The van der Waals surface area contributed by atoms with Crippen LogP contribution in [0.1, 0.15) is 64.6 Å². The highest BCUT2D eigenvalue weighted by Gasteiger charge is 2.38. The highest BCUT2D eigenvalue weighted by Crippen LogP contribution is 2.40. The molecule has 0 bridgehead atoms. The van der Waals surface area contributed by atoms with E-state index in [1.807, 2.05) is 31.2 Å². The third-order valence-electron chi connectivity index (χ3n) is 5.15. The van der Waals surface area contributed by atoms with Crippen molar-refractivity contribution in [3.63, 3.8) is 0 Å². The van der Waals surface area contributed by atoms with Gasteiger partial charge in [-0.1, -0.05) is 37.6 Å². The quantitative estimate of drug-likeness (QED) is 0.194. The molecule has 1 heterocycles. The first-order valence-electron chi connectivity index (χ1n) is 10.4. The molecule has 1 saturated heterocycles. The van der Waals surface area contributed by atoms with Gasteiger partial charge in [-0.15, -0.1) is 0 Å². The third kappa shape index (κ3) is 5.52. The van der Waals surface area contributed by atoms with Crippen LogP contribution in [-0.2, 0) is 15.9 Å². The minimum Gasteiger partial charge on any atom is -0.507 e. The van der Waals surface area contributed by atoms with Crippen LogP contribution in [0.2, 0.25) is 0 Å². The van der Waals surface area contributed by atoms with E-state index < -0.39 is 0 Å². The Morgan fingerprint density at radius 1 is 1.23 bits per heavy atom. The van der Waals surface area contributed by atoms with Crippen molar-refractivity contribution < 1.29 is 28.9 Å². The number of hydrogen-bond donors (Lipinski definition) is 1. The number of benzene rings is 2.